The van der Waals surface area contributed by atoms with Gasteiger partial charge in [0.25, 0.3) is 0 Å². The summed E-state index contributed by atoms with van der Waals surface area (Å²) in [6.07, 6.45) is 0.341. The highest BCUT2D eigenvalue weighted by atomic mass is 35.5. The molecule has 0 unspecified atom stereocenters. The van der Waals surface area contributed by atoms with Crippen molar-refractivity contribution in [1.29, 1.82) is 0 Å². The second-order valence-electron chi connectivity index (χ2n) is 9.54. The van der Waals surface area contributed by atoms with E-state index in [1.54, 1.807) is 20.4 Å². The zero-order valence-electron chi connectivity index (χ0n) is 23.4. The molecule has 1 atom stereocenters. The number of halogens is 2. The molecule has 42 heavy (non-hydrogen) atoms. The smallest absolute Gasteiger partial charge is 0.306 e. The van der Waals surface area contributed by atoms with Gasteiger partial charge >= 0.3 is 5.97 Å². The quantitative estimate of drug-likeness (QED) is 0.156. The maximum absolute atomic E-state index is 10.8. The molecule has 2 aromatic heterocycles. The van der Waals surface area contributed by atoms with Crippen molar-refractivity contribution in [1.82, 2.24) is 20.6 Å². The summed E-state index contributed by atoms with van der Waals surface area (Å²) in [5.41, 5.74) is 5.87. The number of ether oxygens (including phenoxy) is 2. The van der Waals surface area contributed by atoms with Gasteiger partial charge in [0.2, 0.25) is 5.88 Å². The number of pyridine rings is 2. The lowest BCUT2D eigenvalue weighted by atomic mass is 9.99. The molecule has 2 aromatic carbocycles. The third-order valence-electron chi connectivity index (χ3n) is 6.55. The van der Waals surface area contributed by atoms with Crippen molar-refractivity contribution in [2.75, 3.05) is 27.8 Å². The predicted molar refractivity (Wildman–Crippen MR) is 164 cm³/mol. The van der Waals surface area contributed by atoms with Gasteiger partial charge in [0.05, 0.1) is 48.2 Å². The Morgan fingerprint density at radius 1 is 0.976 bits per heavy atom. The third kappa shape index (κ3) is 7.36. The highest BCUT2D eigenvalue weighted by Crippen LogP contribution is 2.42. The zero-order valence-corrected chi connectivity index (χ0v) is 25.0. The Balaban J connectivity index is 1.68. The number of carboxylic acid groups (broad SMARTS) is 1. The number of aliphatic carboxylic acids is 1. The molecule has 0 radical (unpaired) electrons. The van der Waals surface area contributed by atoms with E-state index in [1.165, 1.54) is 0 Å². The van der Waals surface area contributed by atoms with Crippen LogP contribution < -0.4 is 20.1 Å². The third-order valence-corrected chi connectivity index (χ3v) is 7.34. The van der Waals surface area contributed by atoms with Crippen molar-refractivity contribution in [3.8, 4) is 45.3 Å². The highest BCUT2D eigenvalue weighted by molar-refractivity contribution is 6.39. The van der Waals surface area contributed by atoms with Crippen molar-refractivity contribution >= 4 is 29.2 Å². The molecule has 0 aliphatic rings. The summed E-state index contributed by atoms with van der Waals surface area (Å²) in [7, 11) is 5.02. The van der Waals surface area contributed by atoms with Crippen LogP contribution >= 0.6 is 23.2 Å². The van der Waals surface area contributed by atoms with Gasteiger partial charge in [-0.1, -0.05) is 47.5 Å². The summed E-state index contributed by atoms with van der Waals surface area (Å²) in [6, 6.07) is 17.0. The normalized spacial score (nSPS) is 11.8. The topological polar surface area (TPSA) is 126 Å². The Morgan fingerprint density at radius 2 is 1.74 bits per heavy atom. The number of aliphatic hydroxyl groups is 1. The molecule has 4 N–H and O–H groups in total. The molecule has 0 fully saturated rings. The molecule has 0 saturated carbocycles. The average Bonchev–Trinajstić information content (AvgIpc) is 2.97. The number of hydrogen-bond donors (Lipinski definition) is 4. The molecule has 0 aliphatic carbocycles. The minimum atomic E-state index is -1.06. The van der Waals surface area contributed by atoms with Gasteiger partial charge in [-0.05, 0) is 42.9 Å². The minimum absolute atomic E-state index is 0.126. The van der Waals surface area contributed by atoms with E-state index >= 15 is 0 Å². The fourth-order valence-corrected chi connectivity index (χ4v) is 5.23. The number of aromatic nitrogens is 2. The van der Waals surface area contributed by atoms with E-state index in [0.717, 1.165) is 27.8 Å². The molecule has 0 bridgehead atoms. The van der Waals surface area contributed by atoms with Crippen LogP contribution in [0, 0.1) is 0 Å². The summed E-state index contributed by atoms with van der Waals surface area (Å²) in [5, 5.41) is 25.8. The second-order valence-corrected chi connectivity index (χ2v) is 10.3. The number of carbonyl (C=O) groups is 1. The van der Waals surface area contributed by atoms with Crippen LogP contribution in [0.3, 0.4) is 0 Å². The SMILES string of the molecule is CNCc1ccc(-c2cccc(-c3ccnc(-c4cc(CNC[C@H](O)CC(=O)O)cc(OC)c4)c3Cl)c2Cl)nc1OC. The van der Waals surface area contributed by atoms with E-state index in [9.17, 15) is 9.90 Å². The molecule has 9 nitrogen and oxygen atoms in total. The van der Waals surface area contributed by atoms with Crippen LogP contribution in [0.5, 0.6) is 11.6 Å². The minimum Gasteiger partial charge on any atom is -0.497 e. The molecule has 0 saturated heterocycles. The molecule has 4 aromatic rings. The van der Waals surface area contributed by atoms with Gasteiger partial charge in [-0.15, -0.1) is 0 Å². The van der Waals surface area contributed by atoms with Gasteiger partial charge in [0.1, 0.15) is 5.75 Å². The van der Waals surface area contributed by atoms with E-state index in [4.69, 9.17) is 37.8 Å². The molecule has 0 amide bonds. The van der Waals surface area contributed by atoms with E-state index in [1.807, 2.05) is 61.6 Å². The van der Waals surface area contributed by atoms with Gasteiger partial charge < -0.3 is 30.3 Å². The molecule has 220 valence electrons. The second kappa shape index (κ2) is 14.4. The van der Waals surface area contributed by atoms with E-state index < -0.39 is 12.1 Å². The number of aliphatic hydroxyl groups excluding tert-OH is 1. The fourth-order valence-electron chi connectivity index (χ4n) is 4.59. The Bertz CT molecular complexity index is 1570. The van der Waals surface area contributed by atoms with Crippen LogP contribution in [0.15, 0.2) is 60.8 Å². The number of rotatable bonds is 13. The van der Waals surface area contributed by atoms with Gasteiger partial charge in [-0.3, -0.25) is 9.78 Å². The lowest BCUT2D eigenvalue weighted by Gasteiger charge is -2.15. The van der Waals surface area contributed by atoms with Gasteiger partial charge in [-0.25, -0.2) is 4.98 Å². The summed E-state index contributed by atoms with van der Waals surface area (Å²) in [5.74, 6) is 0.0605. The van der Waals surface area contributed by atoms with Crippen LogP contribution in [0.4, 0.5) is 0 Å². The molecule has 0 spiro atoms. The molecule has 11 heteroatoms. The number of nitrogens with zero attached hydrogens (tertiary/aromatic N) is 2. The van der Waals surface area contributed by atoms with E-state index in [-0.39, 0.29) is 13.0 Å². The van der Waals surface area contributed by atoms with Crippen LogP contribution in [-0.4, -0.2) is 60.1 Å². The summed E-state index contributed by atoms with van der Waals surface area (Å²) in [4.78, 5) is 20.1. The summed E-state index contributed by atoms with van der Waals surface area (Å²) >= 11 is 14.0. The van der Waals surface area contributed by atoms with Crippen molar-refractivity contribution in [2.24, 2.45) is 0 Å². The van der Waals surface area contributed by atoms with Gasteiger partial charge in [0.15, 0.2) is 0 Å². The van der Waals surface area contributed by atoms with Crippen molar-refractivity contribution < 1.29 is 24.5 Å². The monoisotopic (exact) mass is 610 g/mol. The lowest BCUT2D eigenvalue weighted by Crippen LogP contribution is -2.28. The summed E-state index contributed by atoms with van der Waals surface area (Å²) in [6.45, 7) is 1.12. The van der Waals surface area contributed by atoms with E-state index in [0.29, 0.717) is 51.7 Å². The highest BCUT2D eigenvalue weighted by Gasteiger charge is 2.18. The first kappa shape index (κ1) is 31.2. The Kier molecular flexibility index (Phi) is 10.7. The van der Waals surface area contributed by atoms with Crippen LogP contribution in [0.25, 0.3) is 33.6 Å². The lowest BCUT2D eigenvalue weighted by molar-refractivity contribution is -0.139. The maximum atomic E-state index is 10.8. The Morgan fingerprint density at radius 3 is 2.45 bits per heavy atom. The number of carboxylic acids is 1. The molecular weight excluding hydrogens is 579 g/mol. The zero-order chi connectivity index (χ0) is 30.2. The first-order chi connectivity index (χ1) is 20.2. The van der Waals surface area contributed by atoms with Gasteiger partial charge in [-0.2, -0.15) is 0 Å². The standard InChI is InChI=1S/C31H32Cl2N4O5/c1-34-16-19-7-8-26(37-31(19)42-3)25-6-4-5-23(28(25)32)24-9-10-36-30(29(24)33)20-11-18(12-22(13-20)41-2)15-35-17-21(38)14-27(39)40/h4-13,21,34-35,38H,14-17H2,1-3H3,(H,39,40)/t21-/m1/s1. The van der Waals surface area contributed by atoms with Crippen molar-refractivity contribution in [3.63, 3.8) is 0 Å². The van der Waals surface area contributed by atoms with Crippen LogP contribution in [0.2, 0.25) is 10.0 Å². The predicted octanol–water partition coefficient (Wildman–Crippen LogP) is 5.45. The fraction of sp³-hybridized carbons (Fsp3) is 0.258. The molecule has 0 aliphatic heterocycles. The van der Waals surface area contributed by atoms with Gasteiger partial charge in [0, 0.05) is 53.6 Å². The first-order valence-corrected chi connectivity index (χ1v) is 13.9. The Hall–Kier alpha value is -3.73. The van der Waals surface area contributed by atoms with E-state index in [2.05, 4.69) is 20.6 Å². The number of benzene rings is 2. The Labute approximate surface area is 254 Å². The molecule has 2 heterocycles. The summed E-state index contributed by atoms with van der Waals surface area (Å²) < 4.78 is 11.0. The number of hydrogen-bond acceptors (Lipinski definition) is 8. The molecular formula is C31H32Cl2N4O5. The number of nitrogens with one attached hydrogen (secondary N) is 2. The number of methoxy groups -OCH3 is 2. The maximum Gasteiger partial charge on any atom is 0.306 e. The van der Waals surface area contributed by atoms with Crippen molar-refractivity contribution in [3.05, 3.63) is 82.0 Å². The van der Waals surface area contributed by atoms with Crippen molar-refractivity contribution in [2.45, 2.75) is 25.6 Å². The van der Waals surface area contributed by atoms with Crippen LogP contribution in [-0.2, 0) is 17.9 Å². The van der Waals surface area contributed by atoms with Crippen LogP contribution in [0.1, 0.15) is 17.5 Å². The first-order valence-electron chi connectivity index (χ1n) is 13.2. The largest absolute Gasteiger partial charge is 0.497 e. The average molecular weight is 612 g/mol. The molecule has 4 rings (SSSR count).